The van der Waals surface area contributed by atoms with Crippen LogP contribution in [0.2, 0.25) is 0 Å². The minimum Gasteiger partial charge on any atom is -0.409 e. The molecule has 0 radical (unpaired) electrons. The fourth-order valence-corrected chi connectivity index (χ4v) is 2.76. The third-order valence-corrected chi connectivity index (χ3v) is 4.22. The Morgan fingerprint density at radius 2 is 2.15 bits per heavy atom. The summed E-state index contributed by atoms with van der Waals surface area (Å²) in [5, 5.41) is 20.7. The Kier molecular flexibility index (Phi) is 4.29. The zero-order valence-electron chi connectivity index (χ0n) is 11.7. The molecule has 3 N–H and O–H groups in total. The molecule has 0 fully saturated rings. The van der Waals surface area contributed by atoms with Gasteiger partial charge >= 0.3 is 0 Å². The maximum Gasteiger partial charge on any atom is 0.191 e. The van der Waals surface area contributed by atoms with Crippen LogP contribution in [0.3, 0.4) is 0 Å². The van der Waals surface area contributed by atoms with Gasteiger partial charge in [-0.1, -0.05) is 29.1 Å². The van der Waals surface area contributed by atoms with Crippen molar-refractivity contribution < 1.29 is 5.21 Å². The molecule has 0 aliphatic carbocycles. The topological polar surface area (TPSA) is 89.3 Å². The number of oxime groups is 1. The summed E-state index contributed by atoms with van der Waals surface area (Å²) in [4.78, 5) is 0. The van der Waals surface area contributed by atoms with E-state index in [4.69, 9.17) is 10.9 Å². The molecule has 0 saturated carbocycles. The summed E-state index contributed by atoms with van der Waals surface area (Å²) in [7, 11) is 1.95. The number of nitrogens with zero attached hydrogens (tertiary/aromatic N) is 4. The molecule has 0 spiro atoms. The monoisotopic (exact) mass is 291 g/mol. The summed E-state index contributed by atoms with van der Waals surface area (Å²) in [5.74, 6) is 1.82. The van der Waals surface area contributed by atoms with Gasteiger partial charge < -0.3 is 15.5 Å². The number of hydrogen-bond donors (Lipinski definition) is 2. The fraction of sp³-hybridized carbons (Fsp3) is 0.308. The molecule has 2 rings (SSSR count). The predicted molar refractivity (Wildman–Crippen MR) is 79.0 cm³/mol. The highest BCUT2D eigenvalue weighted by Gasteiger charge is 2.08. The number of rotatable bonds is 4. The first-order valence-electron chi connectivity index (χ1n) is 6.09. The highest BCUT2D eigenvalue weighted by atomic mass is 32.2. The van der Waals surface area contributed by atoms with Crippen LogP contribution >= 0.6 is 11.8 Å². The highest BCUT2D eigenvalue weighted by Crippen LogP contribution is 2.23. The van der Waals surface area contributed by atoms with Gasteiger partial charge in [0.2, 0.25) is 0 Å². The molecule has 7 heteroatoms. The highest BCUT2D eigenvalue weighted by molar-refractivity contribution is 7.98. The average molecular weight is 291 g/mol. The van der Waals surface area contributed by atoms with E-state index in [9.17, 15) is 0 Å². The number of benzene rings is 1. The van der Waals surface area contributed by atoms with E-state index < -0.39 is 0 Å². The average Bonchev–Trinajstić information content (AvgIpc) is 2.76. The van der Waals surface area contributed by atoms with Crippen molar-refractivity contribution in [1.82, 2.24) is 14.8 Å². The van der Waals surface area contributed by atoms with Crippen LogP contribution in [0.25, 0.3) is 0 Å². The first-order valence-corrected chi connectivity index (χ1v) is 7.07. The molecule has 1 aromatic heterocycles. The fourth-order valence-electron chi connectivity index (χ4n) is 1.73. The standard InChI is InChI=1S/C13H17N5OS/c1-8-6-10(12(14)17-19)4-5-11(8)7-20-13-16-15-9(2)18(13)3/h4-6,19H,7H2,1-3H3,(H2,14,17). The Hall–Kier alpha value is -2.02. The molecule has 0 bridgehead atoms. The summed E-state index contributed by atoms with van der Waals surface area (Å²) in [6, 6.07) is 5.74. The number of aromatic nitrogens is 3. The second-order valence-electron chi connectivity index (χ2n) is 4.50. The van der Waals surface area contributed by atoms with Gasteiger partial charge in [0.05, 0.1) is 0 Å². The van der Waals surface area contributed by atoms with E-state index in [1.807, 2.05) is 43.7 Å². The molecular weight excluding hydrogens is 274 g/mol. The first kappa shape index (κ1) is 14.4. The van der Waals surface area contributed by atoms with Gasteiger partial charge in [-0.05, 0) is 31.0 Å². The number of aryl methyl sites for hydroxylation is 2. The molecule has 0 amide bonds. The molecule has 106 valence electrons. The van der Waals surface area contributed by atoms with E-state index in [0.29, 0.717) is 5.56 Å². The summed E-state index contributed by atoms with van der Waals surface area (Å²) < 4.78 is 1.96. The summed E-state index contributed by atoms with van der Waals surface area (Å²) >= 11 is 1.63. The Balaban J connectivity index is 2.13. The zero-order chi connectivity index (χ0) is 14.7. The molecule has 0 unspecified atom stereocenters. The lowest BCUT2D eigenvalue weighted by Gasteiger charge is -2.07. The van der Waals surface area contributed by atoms with Gasteiger partial charge in [-0.15, -0.1) is 10.2 Å². The predicted octanol–water partition coefficient (Wildman–Crippen LogP) is 1.82. The van der Waals surface area contributed by atoms with E-state index in [2.05, 4.69) is 15.4 Å². The Morgan fingerprint density at radius 1 is 1.40 bits per heavy atom. The molecule has 6 nitrogen and oxygen atoms in total. The third-order valence-electron chi connectivity index (χ3n) is 3.16. The minimum absolute atomic E-state index is 0.122. The molecular formula is C13H17N5OS. The maximum absolute atomic E-state index is 8.67. The second kappa shape index (κ2) is 5.96. The van der Waals surface area contributed by atoms with Crippen molar-refractivity contribution in [1.29, 1.82) is 0 Å². The van der Waals surface area contributed by atoms with Crippen LogP contribution in [0.5, 0.6) is 0 Å². The van der Waals surface area contributed by atoms with E-state index >= 15 is 0 Å². The molecule has 1 aromatic carbocycles. The van der Waals surface area contributed by atoms with E-state index in [-0.39, 0.29) is 5.84 Å². The number of nitrogens with two attached hydrogens (primary N) is 1. The number of thioether (sulfide) groups is 1. The Bertz CT molecular complexity index is 650. The van der Waals surface area contributed by atoms with Crippen LogP contribution in [0.4, 0.5) is 0 Å². The zero-order valence-corrected chi connectivity index (χ0v) is 12.5. The number of amidine groups is 1. The van der Waals surface area contributed by atoms with Crippen molar-refractivity contribution >= 4 is 17.6 Å². The summed E-state index contributed by atoms with van der Waals surface area (Å²) in [5.41, 5.74) is 8.57. The van der Waals surface area contributed by atoms with Gasteiger partial charge in [-0.2, -0.15) is 0 Å². The van der Waals surface area contributed by atoms with Gasteiger partial charge in [0.25, 0.3) is 0 Å². The lowest BCUT2D eigenvalue weighted by atomic mass is 10.1. The van der Waals surface area contributed by atoms with Gasteiger partial charge in [-0.3, -0.25) is 0 Å². The van der Waals surface area contributed by atoms with Crippen molar-refractivity contribution in [2.75, 3.05) is 0 Å². The van der Waals surface area contributed by atoms with Crippen LogP contribution < -0.4 is 5.73 Å². The maximum atomic E-state index is 8.67. The normalized spacial score (nSPS) is 11.8. The van der Waals surface area contributed by atoms with Crippen molar-refractivity contribution in [2.45, 2.75) is 24.8 Å². The summed E-state index contributed by atoms with van der Waals surface area (Å²) in [6.45, 7) is 3.93. The van der Waals surface area contributed by atoms with Crippen LogP contribution in [0, 0.1) is 13.8 Å². The number of hydrogen-bond acceptors (Lipinski definition) is 5. The molecule has 1 heterocycles. The Morgan fingerprint density at radius 3 is 2.70 bits per heavy atom. The van der Waals surface area contributed by atoms with Crippen molar-refractivity contribution in [3.05, 3.63) is 40.7 Å². The smallest absolute Gasteiger partial charge is 0.191 e. The SMILES string of the molecule is Cc1cc(/C(N)=N/O)ccc1CSc1nnc(C)n1C. The molecule has 20 heavy (non-hydrogen) atoms. The molecule has 0 aliphatic heterocycles. The van der Waals surface area contributed by atoms with Crippen LogP contribution in [0.1, 0.15) is 22.5 Å². The molecule has 0 aliphatic rings. The van der Waals surface area contributed by atoms with Crippen LogP contribution in [0.15, 0.2) is 28.5 Å². The van der Waals surface area contributed by atoms with E-state index in [0.717, 1.165) is 22.3 Å². The van der Waals surface area contributed by atoms with Crippen LogP contribution in [-0.4, -0.2) is 25.8 Å². The Labute approximate surface area is 121 Å². The minimum atomic E-state index is 0.122. The van der Waals surface area contributed by atoms with Gasteiger partial charge in [-0.25, -0.2) is 0 Å². The van der Waals surface area contributed by atoms with Crippen molar-refractivity contribution in [3.8, 4) is 0 Å². The lowest BCUT2D eigenvalue weighted by Crippen LogP contribution is -2.13. The van der Waals surface area contributed by atoms with E-state index in [1.165, 1.54) is 5.56 Å². The first-order chi connectivity index (χ1) is 9.52. The lowest BCUT2D eigenvalue weighted by molar-refractivity contribution is 0.318. The van der Waals surface area contributed by atoms with Gasteiger partial charge in [0.15, 0.2) is 11.0 Å². The third kappa shape index (κ3) is 2.93. The van der Waals surface area contributed by atoms with Gasteiger partial charge in [0, 0.05) is 18.4 Å². The largest absolute Gasteiger partial charge is 0.409 e. The van der Waals surface area contributed by atoms with Crippen molar-refractivity contribution in [3.63, 3.8) is 0 Å². The molecule has 0 saturated heterocycles. The van der Waals surface area contributed by atoms with Gasteiger partial charge in [0.1, 0.15) is 5.82 Å². The molecule has 0 atom stereocenters. The van der Waals surface area contributed by atoms with Crippen molar-refractivity contribution in [2.24, 2.45) is 17.9 Å². The van der Waals surface area contributed by atoms with Crippen LogP contribution in [-0.2, 0) is 12.8 Å². The van der Waals surface area contributed by atoms with E-state index in [1.54, 1.807) is 11.8 Å². The molecule has 2 aromatic rings. The quantitative estimate of drug-likeness (QED) is 0.295. The second-order valence-corrected chi connectivity index (χ2v) is 5.45. The summed E-state index contributed by atoms with van der Waals surface area (Å²) in [6.07, 6.45) is 0.